The molecule has 4 amide bonds. The van der Waals surface area contributed by atoms with E-state index in [0.717, 1.165) is 28.1 Å². The van der Waals surface area contributed by atoms with Crippen LogP contribution in [-0.2, 0) is 30.3 Å². The third kappa shape index (κ3) is 11.6. The monoisotopic (exact) mass is 742 g/mol. The van der Waals surface area contributed by atoms with Crippen molar-refractivity contribution in [2.24, 2.45) is 0 Å². The van der Waals surface area contributed by atoms with Gasteiger partial charge in [0.15, 0.2) is 6.61 Å². The Morgan fingerprint density at radius 3 is 2.11 bits per heavy atom. The first kappa shape index (κ1) is 38.5. The molecule has 278 valence electrons. The fourth-order valence-corrected chi connectivity index (χ4v) is 6.02. The van der Waals surface area contributed by atoms with Crippen molar-refractivity contribution in [3.63, 3.8) is 0 Å². The molecule has 53 heavy (non-hydrogen) atoms. The van der Waals surface area contributed by atoms with E-state index in [1.807, 2.05) is 18.2 Å². The summed E-state index contributed by atoms with van der Waals surface area (Å²) in [6, 6.07) is 22.8. The fourth-order valence-electron chi connectivity index (χ4n) is 5.16. The van der Waals surface area contributed by atoms with Crippen molar-refractivity contribution in [1.29, 1.82) is 0 Å². The molecule has 0 saturated carbocycles. The molecule has 5 rings (SSSR count). The summed E-state index contributed by atoms with van der Waals surface area (Å²) >= 11 is 0.962. The molecule has 0 aromatic heterocycles. The lowest BCUT2D eigenvalue weighted by molar-refractivity contribution is -0.152. The molecule has 0 radical (unpaired) electrons. The van der Waals surface area contributed by atoms with E-state index in [1.54, 1.807) is 102 Å². The number of hydrogen-bond acceptors (Lipinski definition) is 11. The first-order valence-corrected chi connectivity index (χ1v) is 17.7. The highest BCUT2D eigenvalue weighted by Crippen LogP contribution is 2.34. The molecule has 4 N–H and O–H groups in total. The molecule has 0 aliphatic carbocycles. The molecule has 0 spiro atoms. The lowest BCUT2D eigenvalue weighted by Crippen LogP contribution is -2.28. The smallest absolute Gasteiger partial charge is 0.412 e. The lowest BCUT2D eigenvalue weighted by Gasteiger charge is -2.20. The molecule has 1 atom stereocenters. The van der Waals surface area contributed by atoms with Gasteiger partial charge in [-0.05, 0) is 101 Å². The van der Waals surface area contributed by atoms with Crippen molar-refractivity contribution in [3.8, 4) is 17.2 Å². The SMILES string of the molecule is CC(C)(C)OC(=O)CNc1cc(Oc2ccc3cccc(NC(=O)OC(C)(C)C)c3c2)ccc1NC(=O)COc1ccc(CC2SC(=O)NC2=O)cc1. The summed E-state index contributed by atoms with van der Waals surface area (Å²) in [6.07, 6.45) is -0.197. The second-order valence-electron chi connectivity index (χ2n) is 14.1. The maximum Gasteiger partial charge on any atom is 0.412 e. The summed E-state index contributed by atoms with van der Waals surface area (Å²) in [7, 11) is 0. The van der Waals surface area contributed by atoms with E-state index >= 15 is 0 Å². The van der Waals surface area contributed by atoms with Crippen LogP contribution >= 0.6 is 11.8 Å². The number of hydrogen-bond donors (Lipinski definition) is 4. The van der Waals surface area contributed by atoms with Crippen LogP contribution < -0.4 is 30.7 Å². The minimum absolute atomic E-state index is 0.183. The van der Waals surface area contributed by atoms with E-state index in [9.17, 15) is 24.0 Å². The predicted octanol–water partition coefficient (Wildman–Crippen LogP) is 7.64. The highest BCUT2D eigenvalue weighted by molar-refractivity contribution is 8.15. The van der Waals surface area contributed by atoms with Crippen LogP contribution in [0.15, 0.2) is 78.9 Å². The summed E-state index contributed by atoms with van der Waals surface area (Å²) in [4.78, 5) is 61.4. The standard InChI is InChI=1S/C39H42N4O9S/c1-38(2,3)51-34(45)21-40-31-20-27(50-26-15-12-24-8-7-9-29(28(24)19-26)42-36(47)52-39(4,5)6)16-17-30(31)41-33(44)22-49-25-13-10-23(11-14-25)18-32-35(46)43-37(48)53-32/h7-17,19-20,32,40H,18,21-22H2,1-6H3,(H,41,44)(H,42,47)(H,43,46,48). The van der Waals surface area contributed by atoms with E-state index in [1.165, 1.54) is 0 Å². The largest absolute Gasteiger partial charge is 0.484 e. The van der Waals surface area contributed by atoms with Crippen LogP contribution in [0.5, 0.6) is 17.2 Å². The average molecular weight is 743 g/mol. The third-order valence-corrected chi connectivity index (χ3v) is 8.30. The van der Waals surface area contributed by atoms with Crippen molar-refractivity contribution in [1.82, 2.24) is 5.32 Å². The Labute approximate surface area is 311 Å². The van der Waals surface area contributed by atoms with Gasteiger partial charge in [0.2, 0.25) is 5.91 Å². The molecule has 14 heteroatoms. The van der Waals surface area contributed by atoms with Crippen LogP contribution in [0.25, 0.3) is 10.8 Å². The molecule has 4 aromatic carbocycles. The van der Waals surface area contributed by atoms with E-state index < -0.39 is 34.4 Å². The molecular formula is C39H42N4O9S. The van der Waals surface area contributed by atoms with Gasteiger partial charge in [0.1, 0.15) is 35.0 Å². The summed E-state index contributed by atoms with van der Waals surface area (Å²) in [5.41, 5.74) is 0.805. The minimum atomic E-state index is -0.688. The van der Waals surface area contributed by atoms with Gasteiger partial charge in [-0.1, -0.05) is 42.1 Å². The van der Waals surface area contributed by atoms with Crippen molar-refractivity contribution >= 4 is 68.7 Å². The van der Waals surface area contributed by atoms with Crippen molar-refractivity contribution in [3.05, 3.63) is 84.4 Å². The molecule has 13 nitrogen and oxygen atoms in total. The van der Waals surface area contributed by atoms with Gasteiger partial charge in [-0.25, -0.2) is 4.79 Å². The number of benzene rings is 4. The van der Waals surface area contributed by atoms with Gasteiger partial charge >= 0.3 is 12.1 Å². The van der Waals surface area contributed by atoms with E-state index in [-0.39, 0.29) is 24.3 Å². The van der Waals surface area contributed by atoms with E-state index in [4.69, 9.17) is 18.9 Å². The topological polar surface area (TPSA) is 170 Å². The molecule has 0 bridgehead atoms. The zero-order valence-corrected chi connectivity index (χ0v) is 31.1. The number of esters is 1. The molecule has 1 unspecified atom stereocenters. The Balaban J connectivity index is 1.28. The van der Waals surface area contributed by atoms with Gasteiger partial charge in [-0.3, -0.25) is 29.8 Å². The number of ether oxygens (including phenoxy) is 4. The first-order valence-electron chi connectivity index (χ1n) is 16.8. The van der Waals surface area contributed by atoms with Gasteiger partial charge in [0.25, 0.3) is 11.1 Å². The molecule has 1 heterocycles. The Kier molecular flexibility index (Phi) is 11.8. The normalized spacial score (nSPS) is 14.3. The second-order valence-corrected chi connectivity index (χ2v) is 15.3. The maximum absolute atomic E-state index is 13.0. The van der Waals surface area contributed by atoms with Crippen molar-refractivity contribution < 1.29 is 42.9 Å². The Hall–Kier alpha value is -5.76. The maximum atomic E-state index is 13.0. The number of anilines is 3. The van der Waals surface area contributed by atoms with E-state index in [0.29, 0.717) is 40.7 Å². The van der Waals surface area contributed by atoms with Crippen LogP contribution in [-0.4, -0.2) is 58.7 Å². The Bertz CT molecular complexity index is 2020. The van der Waals surface area contributed by atoms with Crippen molar-refractivity contribution in [2.75, 3.05) is 29.1 Å². The number of rotatable bonds is 12. The van der Waals surface area contributed by atoms with E-state index in [2.05, 4.69) is 21.3 Å². The number of nitrogens with one attached hydrogen (secondary N) is 4. The van der Waals surface area contributed by atoms with Gasteiger partial charge in [-0.15, -0.1) is 0 Å². The highest BCUT2D eigenvalue weighted by atomic mass is 32.2. The highest BCUT2D eigenvalue weighted by Gasteiger charge is 2.31. The van der Waals surface area contributed by atoms with Crippen molar-refractivity contribution in [2.45, 2.75) is 64.4 Å². The minimum Gasteiger partial charge on any atom is -0.484 e. The van der Waals surface area contributed by atoms with Crippen LogP contribution in [0, 0.1) is 0 Å². The van der Waals surface area contributed by atoms with Crippen LogP contribution in [0.3, 0.4) is 0 Å². The van der Waals surface area contributed by atoms with Gasteiger partial charge in [0.05, 0.1) is 22.3 Å². The van der Waals surface area contributed by atoms with Crippen LogP contribution in [0.1, 0.15) is 47.1 Å². The number of thioether (sulfide) groups is 1. The van der Waals surface area contributed by atoms with Crippen LogP contribution in [0.4, 0.5) is 26.7 Å². The lowest BCUT2D eigenvalue weighted by atomic mass is 10.1. The summed E-state index contributed by atoms with van der Waals surface area (Å²) in [6.45, 7) is 10.2. The number of carbonyl (C=O) groups is 5. The second kappa shape index (κ2) is 16.3. The number of carbonyl (C=O) groups excluding carboxylic acids is 5. The molecule has 1 fully saturated rings. The molecule has 1 aliphatic rings. The Morgan fingerprint density at radius 2 is 1.43 bits per heavy atom. The average Bonchev–Trinajstić information content (AvgIpc) is 3.38. The quantitative estimate of drug-likeness (QED) is 0.105. The summed E-state index contributed by atoms with van der Waals surface area (Å²) in [5.74, 6) is 0.0556. The predicted molar refractivity (Wildman–Crippen MR) is 204 cm³/mol. The number of imide groups is 1. The number of fused-ring (bicyclic) bond motifs is 1. The summed E-state index contributed by atoms with van der Waals surface area (Å²) in [5, 5.41) is 11.7. The molecular weight excluding hydrogens is 701 g/mol. The van der Waals surface area contributed by atoms with Gasteiger partial charge in [-0.2, -0.15) is 0 Å². The molecule has 1 saturated heterocycles. The Morgan fingerprint density at radius 1 is 0.755 bits per heavy atom. The molecule has 1 aliphatic heterocycles. The van der Waals surface area contributed by atoms with Crippen LogP contribution in [0.2, 0.25) is 0 Å². The van der Waals surface area contributed by atoms with Gasteiger partial charge < -0.3 is 29.6 Å². The number of amides is 4. The first-order chi connectivity index (χ1) is 25.0. The summed E-state index contributed by atoms with van der Waals surface area (Å²) < 4.78 is 22.8. The zero-order valence-electron chi connectivity index (χ0n) is 30.3. The third-order valence-electron chi connectivity index (χ3n) is 7.31. The fraction of sp³-hybridized carbons (Fsp3) is 0.308. The zero-order chi connectivity index (χ0) is 38.3. The van der Waals surface area contributed by atoms with Gasteiger partial charge in [0, 0.05) is 11.5 Å². The molecule has 4 aromatic rings.